The first-order chi connectivity index (χ1) is 12.1. The number of nitrogens with zero attached hydrogens (tertiary/aromatic N) is 6. The predicted octanol–water partition coefficient (Wildman–Crippen LogP) is 1.22. The number of rotatable bonds is 5. The van der Waals surface area contributed by atoms with E-state index in [0.29, 0.717) is 13.1 Å². The molecular formula is C17H28N8. The van der Waals surface area contributed by atoms with E-state index in [1.807, 2.05) is 18.7 Å². The van der Waals surface area contributed by atoms with Gasteiger partial charge in [-0.25, -0.2) is 4.99 Å². The molecule has 0 amide bonds. The third-order valence-corrected chi connectivity index (χ3v) is 4.75. The zero-order valence-corrected chi connectivity index (χ0v) is 15.6. The fraction of sp³-hybridized carbons (Fsp3) is 0.647. The van der Waals surface area contributed by atoms with Gasteiger partial charge in [0.2, 0.25) is 0 Å². The van der Waals surface area contributed by atoms with Crippen LogP contribution >= 0.6 is 0 Å². The van der Waals surface area contributed by atoms with E-state index in [4.69, 9.17) is 4.99 Å². The smallest absolute Gasteiger partial charge is 0.191 e. The molecule has 1 aliphatic heterocycles. The second-order valence-corrected chi connectivity index (χ2v) is 6.46. The number of fused-ring (bicyclic) bond motifs is 1. The summed E-state index contributed by atoms with van der Waals surface area (Å²) in [7, 11) is 1.97. The van der Waals surface area contributed by atoms with Crippen molar-refractivity contribution in [3.05, 3.63) is 28.6 Å². The second kappa shape index (κ2) is 7.67. The van der Waals surface area contributed by atoms with Crippen molar-refractivity contribution >= 4 is 5.96 Å². The molecule has 0 bridgehead atoms. The van der Waals surface area contributed by atoms with Crippen LogP contribution in [0, 0.1) is 13.8 Å². The SMILES string of the molecule is CCNC(=NCc1c(C)nn(C)c1C)NCc1nnc2n1CCCC2. The topological polar surface area (TPSA) is 84.9 Å². The minimum atomic E-state index is 0.610. The lowest BCUT2D eigenvalue weighted by Crippen LogP contribution is -2.37. The van der Waals surface area contributed by atoms with E-state index in [-0.39, 0.29) is 0 Å². The van der Waals surface area contributed by atoms with E-state index < -0.39 is 0 Å². The van der Waals surface area contributed by atoms with Gasteiger partial charge in [-0.3, -0.25) is 4.68 Å². The molecule has 2 aromatic rings. The predicted molar refractivity (Wildman–Crippen MR) is 97.3 cm³/mol. The molecule has 0 fully saturated rings. The highest BCUT2D eigenvalue weighted by Crippen LogP contribution is 2.14. The van der Waals surface area contributed by atoms with Gasteiger partial charge in [-0.05, 0) is 33.6 Å². The molecule has 3 rings (SSSR count). The lowest BCUT2D eigenvalue weighted by molar-refractivity contribution is 0.504. The van der Waals surface area contributed by atoms with Crippen molar-refractivity contribution in [2.75, 3.05) is 6.54 Å². The zero-order chi connectivity index (χ0) is 17.8. The number of aryl methyl sites for hydroxylation is 3. The van der Waals surface area contributed by atoms with Gasteiger partial charge in [0.25, 0.3) is 0 Å². The maximum absolute atomic E-state index is 4.71. The largest absolute Gasteiger partial charge is 0.357 e. The molecule has 8 heteroatoms. The third-order valence-electron chi connectivity index (χ3n) is 4.75. The fourth-order valence-electron chi connectivity index (χ4n) is 3.21. The molecule has 2 N–H and O–H groups in total. The summed E-state index contributed by atoms with van der Waals surface area (Å²) < 4.78 is 4.14. The molecule has 3 heterocycles. The monoisotopic (exact) mass is 344 g/mol. The van der Waals surface area contributed by atoms with Gasteiger partial charge in [0, 0.05) is 37.8 Å². The first-order valence-corrected chi connectivity index (χ1v) is 9.02. The van der Waals surface area contributed by atoms with Crippen molar-refractivity contribution in [2.45, 2.75) is 59.7 Å². The van der Waals surface area contributed by atoms with Gasteiger partial charge in [0.15, 0.2) is 11.8 Å². The Kier molecular flexibility index (Phi) is 5.35. The summed E-state index contributed by atoms with van der Waals surface area (Å²) in [5.41, 5.74) is 3.37. The third kappa shape index (κ3) is 3.83. The molecule has 0 saturated carbocycles. The molecule has 0 aliphatic carbocycles. The number of aromatic nitrogens is 5. The molecule has 2 aromatic heterocycles. The van der Waals surface area contributed by atoms with Gasteiger partial charge in [0.1, 0.15) is 5.82 Å². The average molecular weight is 344 g/mol. The van der Waals surface area contributed by atoms with Crippen LogP contribution in [0.25, 0.3) is 0 Å². The molecule has 0 saturated heterocycles. The summed E-state index contributed by atoms with van der Waals surface area (Å²) in [5.74, 6) is 2.87. The highest BCUT2D eigenvalue weighted by Gasteiger charge is 2.15. The normalized spacial score (nSPS) is 14.5. The van der Waals surface area contributed by atoms with Crippen molar-refractivity contribution < 1.29 is 0 Å². The van der Waals surface area contributed by atoms with Crippen LogP contribution in [-0.4, -0.2) is 37.0 Å². The van der Waals surface area contributed by atoms with Crippen LogP contribution in [-0.2, 0) is 33.1 Å². The van der Waals surface area contributed by atoms with E-state index in [9.17, 15) is 0 Å². The van der Waals surface area contributed by atoms with Gasteiger partial charge >= 0.3 is 0 Å². The lowest BCUT2D eigenvalue weighted by Gasteiger charge is -2.16. The Labute approximate surface area is 148 Å². The average Bonchev–Trinajstić information content (AvgIpc) is 3.12. The molecule has 0 spiro atoms. The van der Waals surface area contributed by atoms with Gasteiger partial charge < -0.3 is 15.2 Å². The van der Waals surface area contributed by atoms with Gasteiger partial charge in [0.05, 0.1) is 18.8 Å². The van der Waals surface area contributed by atoms with Crippen LogP contribution < -0.4 is 10.6 Å². The summed E-state index contributed by atoms with van der Waals surface area (Å²) in [6.45, 7) is 9.24. The quantitative estimate of drug-likeness (QED) is 0.629. The van der Waals surface area contributed by atoms with Crippen molar-refractivity contribution in [3.8, 4) is 0 Å². The molecule has 0 radical (unpaired) electrons. The summed E-state index contributed by atoms with van der Waals surface area (Å²) in [6.07, 6.45) is 3.44. The van der Waals surface area contributed by atoms with Gasteiger partial charge in [-0.2, -0.15) is 5.10 Å². The molecule has 1 aliphatic rings. The Morgan fingerprint density at radius 3 is 2.76 bits per heavy atom. The van der Waals surface area contributed by atoms with Gasteiger partial charge in [-0.15, -0.1) is 10.2 Å². The molecule has 8 nitrogen and oxygen atoms in total. The molecule has 0 aromatic carbocycles. The Hall–Kier alpha value is -2.38. The standard InChI is InChI=1S/C17H28N8/c1-5-18-17(19-10-14-12(2)23-24(4)13(14)3)20-11-16-22-21-15-8-6-7-9-25(15)16/h5-11H2,1-4H3,(H2,18,19,20). The van der Waals surface area contributed by atoms with Crippen molar-refractivity contribution in [1.82, 2.24) is 35.2 Å². The molecule has 136 valence electrons. The number of hydrogen-bond donors (Lipinski definition) is 2. The summed E-state index contributed by atoms with van der Waals surface area (Å²) in [5, 5.41) is 19.8. The first-order valence-electron chi connectivity index (χ1n) is 9.02. The van der Waals surface area contributed by atoms with Crippen LogP contribution in [0.4, 0.5) is 0 Å². The van der Waals surface area contributed by atoms with E-state index in [0.717, 1.165) is 48.5 Å². The highest BCUT2D eigenvalue weighted by molar-refractivity contribution is 5.79. The van der Waals surface area contributed by atoms with Crippen molar-refractivity contribution in [3.63, 3.8) is 0 Å². The van der Waals surface area contributed by atoms with Crippen LogP contribution in [0.1, 0.15) is 48.4 Å². The lowest BCUT2D eigenvalue weighted by atomic mass is 10.2. The Morgan fingerprint density at radius 1 is 1.20 bits per heavy atom. The first kappa shape index (κ1) is 17.4. The summed E-state index contributed by atoms with van der Waals surface area (Å²) >= 11 is 0. The van der Waals surface area contributed by atoms with Crippen molar-refractivity contribution in [1.29, 1.82) is 0 Å². The van der Waals surface area contributed by atoms with E-state index in [1.54, 1.807) is 0 Å². The van der Waals surface area contributed by atoms with E-state index in [1.165, 1.54) is 18.4 Å². The highest BCUT2D eigenvalue weighted by atomic mass is 15.3. The van der Waals surface area contributed by atoms with Crippen LogP contribution in [0.15, 0.2) is 4.99 Å². The molecule has 25 heavy (non-hydrogen) atoms. The van der Waals surface area contributed by atoms with Crippen LogP contribution in [0.5, 0.6) is 0 Å². The fourth-order valence-corrected chi connectivity index (χ4v) is 3.21. The minimum Gasteiger partial charge on any atom is -0.357 e. The second-order valence-electron chi connectivity index (χ2n) is 6.46. The maximum atomic E-state index is 4.71. The summed E-state index contributed by atoms with van der Waals surface area (Å²) in [4.78, 5) is 4.71. The Morgan fingerprint density at radius 2 is 2.04 bits per heavy atom. The van der Waals surface area contributed by atoms with Crippen LogP contribution in [0.2, 0.25) is 0 Å². The summed E-state index contributed by atoms with van der Waals surface area (Å²) in [6, 6.07) is 0. The Bertz CT molecular complexity index is 755. The number of hydrogen-bond acceptors (Lipinski definition) is 4. The maximum Gasteiger partial charge on any atom is 0.191 e. The number of nitrogens with one attached hydrogen (secondary N) is 2. The van der Waals surface area contributed by atoms with E-state index >= 15 is 0 Å². The molecule has 0 unspecified atom stereocenters. The number of aliphatic imine (C=N–C) groups is 1. The minimum absolute atomic E-state index is 0.610. The zero-order valence-electron chi connectivity index (χ0n) is 15.6. The van der Waals surface area contributed by atoms with Crippen LogP contribution in [0.3, 0.4) is 0 Å². The van der Waals surface area contributed by atoms with Crippen molar-refractivity contribution in [2.24, 2.45) is 12.0 Å². The Balaban J connectivity index is 1.67. The molecular weight excluding hydrogens is 316 g/mol. The van der Waals surface area contributed by atoms with Gasteiger partial charge in [-0.1, -0.05) is 0 Å². The molecule has 0 atom stereocenters. The van der Waals surface area contributed by atoms with E-state index in [2.05, 4.69) is 44.3 Å². The number of guanidine groups is 1.